The molecule has 1 atom stereocenters. The number of imidazole rings is 1. The number of benzene rings is 1. The third-order valence-corrected chi connectivity index (χ3v) is 4.86. The van der Waals surface area contributed by atoms with E-state index >= 15 is 0 Å². The molecular formula is C19H20N4O2. The zero-order valence-corrected chi connectivity index (χ0v) is 14.3. The van der Waals surface area contributed by atoms with Crippen LogP contribution in [0.1, 0.15) is 12.0 Å². The van der Waals surface area contributed by atoms with Gasteiger partial charge in [-0.25, -0.2) is 4.98 Å². The molecule has 1 saturated heterocycles. The van der Waals surface area contributed by atoms with Crippen LogP contribution in [0.25, 0.3) is 22.4 Å². The van der Waals surface area contributed by atoms with Crippen LogP contribution in [-0.4, -0.2) is 38.9 Å². The second kappa shape index (κ2) is 5.88. The average molecular weight is 336 g/mol. The number of nitrogens with one attached hydrogen (secondary N) is 1. The van der Waals surface area contributed by atoms with Gasteiger partial charge in [-0.1, -0.05) is 12.1 Å². The summed E-state index contributed by atoms with van der Waals surface area (Å²) in [4.78, 5) is 32.9. The van der Waals surface area contributed by atoms with Crippen LogP contribution in [0.3, 0.4) is 0 Å². The Balaban J connectivity index is 1.82. The number of carbonyl (C=O) groups excluding carboxylic acids is 1. The summed E-state index contributed by atoms with van der Waals surface area (Å²) in [5.41, 5.74) is 3.41. The van der Waals surface area contributed by atoms with Crippen LogP contribution in [0.15, 0.2) is 41.3 Å². The number of fused-ring (bicyclic) bond motifs is 1. The molecule has 1 aliphatic heterocycles. The molecule has 3 aromatic rings. The molecular weight excluding hydrogens is 316 g/mol. The molecule has 0 spiro atoms. The fraction of sp³-hybridized carbons (Fsp3) is 0.316. The molecule has 1 unspecified atom stereocenters. The molecule has 3 heterocycles. The highest BCUT2D eigenvalue weighted by Gasteiger charge is 2.28. The van der Waals surface area contributed by atoms with E-state index in [-0.39, 0.29) is 17.4 Å². The van der Waals surface area contributed by atoms with Gasteiger partial charge >= 0.3 is 0 Å². The maximum Gasteiger partial charge on any atom is 0.250 e. The topological polar surface area (TPSA) is 71.0 Å². The van der Waals surface area contributed by atoms with Crippen LogP contribution in [-0.2, 0) is 11.3 Å². The van der Waals surface area contributed by atoms with Crippen LogP contribution in [0.2, 0.25) is 0 Å². The number of carbonyl (C=O) groups is 1. The van der Waals surface area contributed by atoms with E-state index in [2.05, 4.69) is 9.55 Å². The van der Waals surface area contributed by atoms with Crippen molar-refractivity contribution in [2.24, 2.45) is 5.92 Å². The first-order valence-electron chi connectivity index (χ1n) is 8.42. The summed E-state index contributed by atoms with van der Waals surface area (Å²) in [6, 6.07) is 9.86. The molecule has 1 aliphatic rings. The van der Waals surface area contributed by atoms with Gasteiger partial charge in [0.15, 0.2) is 0 Å². The molecule has 1 aromatic carbocycles. The molecule has 0 radical (unpaired) electrons. The number of para-hydroxylation sites is 2. The van der Waals surface area contributed by atoms with E-state index in [1.165, 1.54) is 0 Å². The molecule has 6 heteroatoms. The molecule has 6 nitrogen and oxygen atoms in total. The van der Waals surface area contributed by atoms with E-state index in [9.17, 15) is 9.59 Å². The Bertz CT molecular complexity index is 1020. The lowest BCUT2D eigenvalue weighted by Crippen LogP contribution is -2.20. The Morgan fingerprint density at radius 3 is 2.80 bits per heavy atom. The van der Waals surface area contributed by atoms with E-state index < -0.39 is 0 Å². The molecule has 0 aliphatic carbocycles. The van der Waals surface area contributed by atoms with E-state index in [1.54, 1.807) is 18.0 Å². The van der Waals surface area contributed by atoms with Crippen molar-refractivity contribution in [3.05, 3.63) is 52.4 Å². The van der Waals surface area contributed by atoms with E-state index in [1.807, 2.05) is 37.4 Å². The summed E-state index contributed by atoms with van der Waals surface area (Å²) < 4.78 is 2.17. The maximum atomic E-state index is 11.9. The first kappa shape index (κ1) is 15.6. The Kier molecular flexibility index (Phi) is 3.67. The average Bonchev–Trinajstić information content (AvgIpc) is 3.11. The first-order chi connectivity index (χ1) is 12.0. The zero-order chi connectivity index (χ0) is 17.6. The fourth-order valence-electron chi connectivity index (χ4n) is 3.54. The predicted octanol–water partition coefficient (Wildman–Crippen LogP) is 2.18. The van der Waals surface area contributed by atoms with Gasteiger partial charge in [-0.3, -0.25) is 9.59 Å². The molecule has 2 aromatic heterocycles. The lowest BCUT2D eigenvalue weighted by molar-refractivity contribution is -0.126. The van der Waals surface area contributed by atoms with E-state index in [0.717, 1.165) is 35.5 Å². The number of pyridine rings is 1. The predicted molar refractivity (Wildman–Crippen MR) is 96.3 cm³/mol. The zero-order valence-electron chi connectivity index (χ0n) is 14.3. The summed E-state index contributed by atoms with van der Waals surface area (Å²) in [5, 5.41) is 0. The number of aromatic nitrogens is 3. The minimum absolute atomic E-state index is 0.0885. The van der Waals surface area contributed by atoms with Gasteiger partial charge in [0.05, 0.1) is 11.0 Å². The van der Waals surface area contributed by atoms with Gasteiger partial charge in [-0.05, 0) is 25.1 Å². The van der Waals surface area contributed by atoms with Gasteiger partial charge < -0.3 is 14.5 Å². The molecule has 1 amide bonds. The van der Waals surface area contributed by atoms with Crippen molar-refractivity contribution in [2.75, 3.05) is 13.6 Å². The number of likely N-dealkylation sites (tertiary alicyclic amines) is 1. The number of amides is 1. The summed E-state index contributed by atoms with van der Waals surface area (Å²) in [6.45, 7) is 3.28. The number of hydrogen-bond donors (Lipinski definition) is 1. The van der Waals surface area contributed by atoms with E-state index in [4.69, 9.17) is 4.98 Å². The Hall–Kier alpha value is -2.89. The highest BCUT2D eigenvalue weighted by molar-refractivity contribution is 5.81. The second-order valence-electron chi connectivity index (χ2n) is 6.78. The Morgan fingerprint density at radius 2 is 2.08 bits per heavy atom. The quantitative estimate of drug-likeness (QED) is 0.797. The van der Waals surface area contributed by atoms with Crippen LogP contribution >= 0.6 is 0 Å². The lowest BCUT2D eigenvalue weighted by Gasteiger charge is -2.14. The van der Waals surface area contributed by atoms with Gasteiger partial charge in [0, 0.05) is 49.8 Å². The largest absolute Gasteiger partial charge is 0.345 e. The van der Waals surface area contributed by atoms with Crippen molar-refractivity contribution in [1.82, 2.24) is 19.4 Å². The first-order valence-corrected chi connectivity index (χ1v) is 8.42. The summed E-state index contributed by atoms with van der Waals surface area (Å²) in [7, 11) is 1.85. The third-order valence-electron chi connectivity index (χ3n) is 4.86. The summed E-state index contributed by atoms with van der Waals surface area (Å²) >= 11 is 0. The lowest BCUT2D eigenvalue weighted by atomic mass is 10.1. The highest BCUT2D eigenvalue weighted by atomic mass is 16.2. The molecule has 1 N–H and O–H groups in total. The van der Waals surface area contributed by atoms with Gasteiger partial charge in [-0.2, -0.15) is 0 Å². The van der Waals surface area contributed by atoms with Crippen LogP contribution < -0.4 is 5.56 Å². The summed E-state index contributed by atoms with van der Waals surface area (Å²) in [5.74, 6) is 1.27. The van der Waals surface area contributed by atoms with Gasteiger partial charge in [0.25, 0.3) is 5.56 Å². The molecule has 4 rings (SSSR count). The van der Waals surface area contributed by atoms with Gasteiger partial charge in [0.2, 0.25) is 5.91 Å². The number of H-pyrrole nitrogens is 1. The standard InChI is InChI=1S/C19H20N4O2/c1-12-7-14(9-20-19(12)25)18-21-15-5-3-4-6-16(15)23(18)11-13-8-17(24)22(2)10-13/h3-7,9,13H,8,10-11H2,1-2H3,(H,20,25). The molecule has 0 bridgehead atoms. The minimum Gasteiger partial charge on any atom is -0.345 e. The van der Waals surface area contributed by atoms with Crippen molar-refractivity contribution in [1.29, 1.82) is 0 Å². The van der Waals surface area contributed by atoms with Crippen LogP contribution in [0, 0.1) is 12.8 Å². The SMILES string of the molecule is Cc1cc(-c2nc3ccccc3n2CC2CC(=O)N(C)C2)c[nH]c1=O. The van der Waals surface area contributed by atoms with Crippen molar-refractivity contribution in [2.45, 2.75) is 19.9 Å². The number of rotatable bonds is 3. The van der Waals surface area contributed by atoms with Crippen molar-refractivity contribution in [3.63, 3.8) is 0 Å². The Morgan fingerprint density at radius 1 is 1.28 bits per heavy atom. The van der Waals surface area contributed by atoms with Gasteiger partial charge in [-0.15, -0.1) is 0 Å². The second-order valence-corrected chi connectivity index (χ2v) is 6.78. The Labute approximate surface area is 145 Å². The number of hydrogen-bond acceptors (Lipinski definition) is 3. The normalized spacial score (nSPS) is 17.6. The minimum atomic E-state index is -0.0885. The number of nitrogens with zero attached hydrogens (tertiary/aromatic N) is 3. The maximum absolute atomic E-state index is 11.9. The fourth-order valence-corrected chi connectivity index (χ4v) is 3.54. The van der Waals surface area contributed by atoms with Gasteiger partial charge in [0.1, 0.15) is 5.82 Å². The monoisotopic (exact) mass is 336 g/mol. The molecule has 128 valence electrons. The summed E-state index contributed by atoms with van der Waals surface area (Å²) in [6.07, 6.45) is 2.27. The number of aryl methyl sites for hydroxylation is 1. The van der Waals surface area contributed by atoms with Crippen molar-refractivity contribution in [3.8, 4) is 11.4 Å². The molecule has 25 heavy (non-hydrogen) atoms. The molecule has 1 fully saturated rings. The van der Waals surface area contributed by atoms with E-state index in [0.29, 0.717) is 12.0 Å². The van der Waals surface area contributed by atoms with Crippen molar-refractivity contribution >= 4 is 16.9 Å². The third kappa shape index (κ3) is 2.73. The van der Waals surface area contributed by atoms with Crippen molar-refractivity contribution < 1.29 is 4.79 Å². The molecule has 0 saturated carbocycles. The highest BCUT2D eigenvalue weighted by Crippen LogP contribution is 2.28. The smallest absolute Gasteiger partial charge is 0.250 e. The number of aromatic amines is 1. The van der Waals surface area contributed by atoms with Crippen LogP contribution in [0.4, 0.5) is 0 Å². The van der Waals surface area contributed by atoms with Crippen LogP contribution in [0.5, 0.6) is 0 Å².